The van der Waals surface area contributed by atoms with Gasteiger partial charge in [0, 0.05) is 58.3 Å². The number of fused-ring (bicyclic) bond motifs is 1. The van der Waals surface area contributed by atoms with Crippen LogP contribution in [-0.4, -0.2) is 30.6 Å². The van der Waals surface area contributed by atoms with E-state index >= 15 is 0 Å². The lowest BCUT2D eigenvalue weighted by Crippen LogP contribution is -2.27. The number of benzene rings is 1. The highest BCUT2D eigenvalue weighted by Crippen LogP contribution is 2.33. The number of aromatic nitrogens is 5. The largest absolute Gasteiger partial charge is 0.451 e. The summed E-state index contributed by atoms with van der Waals surface area (Å²) in [6.45, 7) is 8.55. The van der Waals surface area contributed by atoms with Gasteiger partial charge in [0.2, 0.25) is 5.82 Å². The highest BCUT2D eigenvalue weighted by molar-refractivity contribution is 7.15. The van der Waals surface area contributed by atoms with Gasteiger partial charge in [-0.15, -0.1) is 11.3 Å². The minimum atomic E-state index is -4.62. The molecular weight excluding hydrogens is 465 g/mol. The van der Waals surface area contributed by atoms with Crippen molar-refractivity contribution < 1.29 is 18.0 Å². The maximum Gasteiger partial charge on any atom is 0.451 e. The molecule has 0 bridgehead atoms. The van der Waals surface area contributed by atoms with Crippen molar-refractivity contribution in [1.29, 1.82) is 0 Å². The Balaban J connectivity index is 1.65. The molecular formula is C23H23F3N6OS. The van der Waals surface area contributed by atoms with Crippen molar-refractivity contribution in [1.82, 2.24) is 30.0 Å². The van der Waals surface area contributed by atoms with Gasteiger partial charge in [-0.25, -0.2) is 15.0 Å². The summed E-state index contributed by atoms with van der Waals surface area (Å²) < 4.78 is 40.0. The number of hydrogen-bond donors (Lipinski definition) is 1. The van der Waals surface area contributed by atoms with Crippen molar-refractivity contribution in [2.75, 3.05) is 0 Å². The molecule has 34 heavy (non-hydrogen) atoms. The van der Waals surface area contributed by atoms with Crippen LogP contribution in [0.5, 0.6) is 0 Å². The molecule has 0 saturated heterocycles. The average Bonchev–Trinajstić information content (AvgIpc) is 3.37. The molecule has 0 aliphatic carbocycles. The number of alkyl halides is 3. The van der Waals surface area contributed by atoms with Gasteiger partial charge in [-0.1, -0.05) is 13.8 Å². The Morgan fingerprint density at radius 2 is 1.82 bits per heavy atom. The van der Waals surface area contributed by atoms with E-state index in [-0.39, 0.29) is 5.91 Å². The summed E-state index contributed by atoms with van der Waals surface area (Å²) in [5, 5.41) is 9.13. The molecule has 0 radical (unpaired) electrons. The van der Waals surface area contributed by atoms with E-state index in [4.69, 9.17) is 0 Å². The van der Waals surface area contributed by atoms with Crippen molar-refractivity contribution in [3.05, 3.63) is 58.7 Å². The zero-order chi connectivity index (χ0) is 24.6. The average molecular weight is 489 g/mol. The van der Waals surface area contributed by atoms with Crippen LogP contribution in [0.4, 0.5) is 13.2 Å². The summed E-state index contributed by atoms with van der Waals surface area (Å²) in [6.07, 6.45) is 1.27. The number of hydrogen-bond acceptors (Lipinski definition) is 6. The number of thiazole rings is 1. The van der Waals surface area contributed by atoms with Crippen molar-refractivity contribution in [2.24, 2.45) is 5.92 Å². The fraction of sp³-hybridized carbons (Fsp3) is 0.348. The molecule has 1 N–H and O–H groups in total. The van der Waals surface area contributed by atoms with E-state index in [0.29, 0.717) is 22.6 Å². The molecule has 0 fully saturated rings. The predicted octanol–water partition coefficient (Wildman–Crippen LogP) is 5.42. The zero-order valence-electron chi connectivity index (χ0n) is 19.0. The Labute approximate surface area is 198 Å². The summed E-state index contributed by atoms with van der Waals surface area (Å²) in [6, 6.07) is 2.88. The smallest absolute Gasteiger partial charge is 0.345 e. The molecule has 0 saturated carbocycles. The molecule has 0 unspecified atom stereocenters. The molecule has 1 amide bonds. The van der Waals surface area contributed by atoms with Gasteiger partial charge in [-0.3, -0.25) is 9.48 Å². The molecule has 7 nitrogen and oxygen atoms in total. The molecule has 0 aliphatic heterocycles. The van der Waals surface area contributed by atoms with Gasteiger partial charge >= 0.3 is 6.18 Å². The van der Waals surface area contributed by atoms with Gasteiger partial charge in [-0.2, -0.15) is 18.3 Å². The van der Waals surface area contributed by atoms with Crippen LogP contribution in [0.25, 0.3) is 21.5 Å². The van der Waals surface area contributed by atoms with Gasteiger partial charge in [0.25, 0.3) is 5.91 Å². The monoisotopic (exact) mass is 488 g/mol. The molecule has 178 valence electrons. The molecule has 4 aromatic rings. The van der Waals surface area contributed by atoms with E-state index in [9.17, 15) is 18.0 Å². The second-order valence-electron chi connectivity index (χ2n) is 8.51. The summed E-state index contributed by atoms with van der Waals surface area (Å²) in [4.78, 5) is 25.4. The number of rotatable bonds is 6. The minimum absolute atomic E-state index is 0.361. The van der Waals surface area contributed by atoms with Crippen LogP contribution in [0.1, 0.15) is 53.4 Å². The first-order valence-electron chi connectivity index (χ1n) is 10.6. The van der Waals surface area contributed by atoms with Gasteiger partial charge in [-0.05, 0) is 31.9 Å². The summed E-state index contributed by atoms with van der Waals surface area (Å²) in [7, 11) is 0. The van der Waals surface area contributed by atoms with Crippen LogP contribution in [0.3, 0.4) is 0 Å². The maximum absolute atomic E-state index is 13.1. The van der Waals surface area contributed by atoms with E-state index in [1.807, 2.05) is 17.8 Å². The van der Waals surface area contributed by atoms with Crippen LogP contribution >= 0.6 is 11.3 Å². The minimum Gasteiger partial charge on any atom is -0.345 e. The number of nitrogens with zero attached hydrogens (tertiary/aromatic N) is 5. The first kappa shape index (κ1) is 23.8. The number of nitrogens with one attached hydrogen (secondary N) is 1. The summed E-state index contributed by atoms with van der Waals surface area (Å²) >= 11 is 1.53. The number of carbonyl (C=O) groups excluding carboxylic acids is 1. The van der Waals surface area contributed by atoms with E-state index in [2.05, 4.69) is 39.2 Å². The van der Waals surface area contributed by atoms with E-state index in [1.54, 1.807) is 25.3 Å². The first-order valence-corrected chi connectivity index (χ1v) is 11.5. The number of carbonyl (C=O) groups is 1. The topological polar surface area (TPSA) is 85.6 Å². The van der Waals surface area contributed by atoms with E-state index in [1.165, 1.54) is 11.3 Å². The van der Waals surface area contributed by atoms with Gasteiger partial charge in [0.05, 0.1) is 11.6 Å². The van der Waals surface area contributed by atoms with Crippen LogP contribution in [-0.2, 0) is 12.7 Å². The second-order valence-corrected chi connectivity index (χ2v) is 9.75. The van der Waals surface area contributed by atoms with Crippen LogP contribution in [0.15, 0.2) is 36.9 Å². The van der Waals surface area contributed by atoms with Gasteiger partial charge in [0.1, 0.15) is 5.01 Å². The molecule has 0 aliphatic rings. The zero-order valence-corrected chi connectivity index (χ0v) is 19.8. The predicted molar refractivity (Wildman–Crippen MR) is 123 cm³/mol. The Hall–Kier alpha value is -3.34. The second kappa shape index (κ2) is 9.13. The number of amides is 1. The molecule has 1 aromatic carbocycles. The van der Waals surface area contributed by atoms with E-state index in [0.717, 1.165) is 39.8 Å². The van der Waals surface area contributed by atoms with E-state index < -0.39 is 18.0 Å². The van der Waals surface area contributed by atoms with Crippen molar-refractivity contribution >= 4 is 28.1 Å². The molecule has 1 atom stereocenters. The fourth-order valence-corrected chi connectivity index (χ4v) is 4.29. The Bertz CT molecular complexity index is 1330. The third kappa shape index (κ3) is 5.09. The Morgan fingerprint density at radius 3 is 2.41 bits per heavy atom. The lowest BCUT2D eigenvalue weighted by Gasteiger charge is -2.15. The summed E-state index contributed by atoms with van der Waals surface area (Å²) in [5.74, 6) is -1.21. The SMILES string of the molecule is Cc1cnc(-c2cc(C(=O)N[C@H](C)c3cnc(C(F)(F)F)nc3)cc3nn(CC(C)C)cc23)s1. The van der Waals surface area contributed by atoms with Crippen LogP contribution < -0.4 is 5.32 Å². The Morgan fingerprint density at radius 1 is 1.12 bits per heavy atom. The first-order chi connectivity index (χ1) is 16.0. The number of halogens is 3. The third-order valence-corrected chi connectivity index (χ3v) is 6.06. The third-order valence-electron chi connectivity index (χ3n) is 5.11. The number of aryl methyl sites for hydroxylation is 1. The van der Waals surface area contributed by atoms with Crippen molar-refractivity contribution in [2.45, 2.75) is 46.5 Å². The molecule has 3 heterocycles. The van der Waals surface area contributed by atoms with Crippen LogP contribution in [0, 0.1) is 12.8 Å². The molecule has 4 rings (SSSR count). The molecule has 3 aromatic heterocycles. The Kier molecular flexibility index (Phi) is 6.39. The van der Waals surface area contributed by atoms with Crippen molar-refractivity contribution in [3.8, 4) is 10.6 Å². The lowest BCUT2D eigenvalue weighted by atomic mass is 10.0. The summed E-state index contributed by atoms with van der Waals surface area (Å²) in [5.41, 5.74) is 2.21. The lowest BCUT2D eigenvalue weighted by molar-refractivity contribution is -0.145. The fourth-order valence-electron chi connectivity index (χ4n) is 3.50. The molecule has 0 spiro atoms. The normalized spacial score (nSPS) is 12.9. The quantitative estimate of drug-likeness (QED) is 0.392. The molecule has 11 heteroatoms. The van der Waals surface area contributed by atoms with Crippen LogP contribution in [0.2, 0.25) is 0 Å². The van der Waals surface area contributed by atoms with Gasteiger partial charge in [0.15, 0.2) is 0 Å². The van der Waals surface area contributed by atoms with Gasteiger partial charge < -0.3 is 5.32 Å². The highest BCUT2D eigenvalue weighted by atomic mass is 32.1. The highest BCUT2D eigenvalue weighted by Gasteiger charge is 2.34. The standard InChI is InChI=1S/C23H23F3N6OS/c1-12(2)10-32-11-18-17(21-27-7-13(3)34-21)5-15(6-19(18)31-32)20(33)30-14(4)16-8-28-22(29-9-16)23(24,25)26/h5-9,11-12,14H,10H2,1-4H3,(H,30,33)/t14-/m1/s1. The maximum atomic E-state index is 13.1. The van der Waals surface area contributed by atoms with Crippen molar-refractivity contribution in [3.63, 3.8) is 0 Å².